The van der Waals surface area contributed by atoms with Crippen LogP contribution in [-0.2, 0) is 4.79 Å². The number of aromatic carboxylic acids is 1. The number of hydrogen-bond donors (Lipinski definition) is 2. The van der Waals surface area contributed by atoms with E-state index in [1.165, 1.54) is 12.1 Å². The van der Waals surface area contributed by atoms with Crippen LogP contribution in [0.2, 0.25) is 0 Å². The summed E-state index contributed by atoms with van der Waals surface area (Å²) in [5.41, 5.74) is 1.79. The fourth-order valence-electron chi connectivity index (χ4n) is 2.28. The van der Waals surface area contributed by atoms with E-state index in [0.29, 0.717) is 17.4 Å². The predicted octanol–water partition coefficient (Wildman–Crippen LogP) is 3.92. The largest absolute Gasteiger partial charge is 0.483 e. The summed E-state index contributed by atoms with van der Waals surface area (Å²) < 4.78 is 5.65. The van der Waals surface area contributed by atoms with Gasteiger partial charge in [-0.25, -0.2) is 4.79 Å². The Morgan fingerprint density at radius 1 is 1.12 bits per heavy atom. The normalized spacial score (nSPS) is 11.6. The Labute approximate surface area is 141 Å². The van der Waals surface area contributed by atoms with E-state index in [2.05, 4.69) is 19.2 Å². The van der Waals surface area contributed by atoms with E-state index in [4.69, 9.17) is 9.84 Å². The van der Waals surface area contributed by atoms with E-state index in [1.807, 2.05) is 24.3 Å². The van der Waals surface area contributed by atoms with Gasteiger partial charge < -0.3 is 15.2 Å². The molecule has 1 unspecified atom stereocenters. The molecule has 0 aromatic heterocycles. The summed E-state index contributed by atoms with van der Waals surface area (Å²) in [5.74, 6) is -0.231. The second-order valence-electron chi connectivity index (χ2n) is 5.57. The maximum absolute atomic E-state index is 12.0. The fourth-order valence-corrected chi connectivity index (χ4v) is 2.28. The molecule has 0 aliphatic rings. The molecule has 5 heteroatoms. The second kappa shape index (κ2) is 8.15. The van der Waals surface area contributed by atoms with Gasteiger partial charge in [0.05, 0.1) is 5.56 Å². The summed E-state index contributed by atoms with van der Waals surface area (Å²) >= 11 is 0. The van der Waals surface area contributed by atoms with Gasteiger partial charge >= 0.3 is 5.97 Å². The molecule has 1 atom stereocenters. The van der Waals surface area contributed by atoms with Crippen molar-refractivity contribution in [2.45, 2.75) is 26.2 Å². The summed E-state index contributed by atoms with van der Waals surface area (Å²) in [6.07, 6.45) is 0.989. The van der Waals surface area contributed by atoms with Crippen LogP contribution >= 0.6 is 0 Å². The molecule has 0 heterocycles. The van der Waals surface area contributed by atoms with Crippen molar-refractivity contribution in [1.29, 1.82) is 0 Å². The molecule has 0 aliphatic carbocycles. The number of ether oxygens (including phenoxy) is 1. The Kier molecular flexibility index (Phi) is 5.95. The van der Waals surface area contributed by atoms with Gasteiger partial charge in [0.15, 0.2) is 6.61 Å². The van der Waals surface area contributed by atoms with Crippen LogP contribution in [0.4, 0.5) is 5.69 Å². The van der Waals surface area contributed by atoms with E-state index in [1.54, 1.807) is 12.1 Å². The van der Waals surface area contributed by atoms with Gasteiger partial charge in [-0.05, 0) is 48.2 Å². The van der Waals surface area contributed by atoms with E-state index in [0.717, 1.165) is 12.0 Å². The van der Waals surface area contributed by atoms with Crippen molar-refractivity contribution >= 4 is 17.6 Å². The highest BCUT2D eigenvalue weighted by Gasteiger charge is 2.11. The van der Waals surface area contributed by atoms with Crippen molar-refractivity contribution in [2.24, 2.45) is 0 Å². The van der Waals surface area contributed by atoms with Gasteiger partial charge in [0.2, 0.25) is 0 Å². The summed E-state index contributed by atoms with van der Waals surface area (Å²) in [6.45, 7) is 4.12. The summed E-state index contributed by atoms with van der Waals surface area (Å²) in [4.78, 5) is 22.8. The van der Waals surface area contributed by atoms with Crippen LogP contribution in [0.3, 0.4) is 0 Å². The number of rotatable bonds is 7. The maximum atomic E-state index is 12.0. The van der Waals surface area contributed by atoms with Gasteiger partial charge in [-0.1, -0.05) is 32.0 Å². The molecule has 2 N–H and O–H groups in total. The second-order valence-corrected chi connectivity index (χ2v) is 5.57. The van der Waals surface area contributed by atoms with Crippen LogP contribution in [0, 0.1) is 0 Å². The number of carboxylic acids is 1. The van der Waals surface area contributed by atoms with Crippen LogP contribution in [0.15, 0.2) is 48.5 Å². The zero-order valence-electron chi connectivity index (χ0n) is 13.8. The zero-order chi connectivity index (χ0) is 17.5. The van der Waals surface area contributed by atoms with Crippen LogP contribution in [0.25, 0.3) is 0 Å². The highest BCUT2D eigenvalue weighted by atomic mass is 16.5. The number of nitrogens with one attached hydrogen (secondary N) is 1. The molecule has 0 fully saturated rings. The fraction of sp³-hybridized carbons (Fsp3) is 0.263. The third-order valence-corrected chi connectivity index (χ3v) is 3.84. The van der Waals surface area contributed by atoms with Crippen LogP contribution < -0.4 is 10.1 Å². The minimum absolute atomic E-state index is 0.103. The smallest absolute Gasteiger partial charge is 0.335 e. The van der Waals surface area contributed by atoms with Gasteiger partial charge in [0, 0.05) is 5.69 Å². The monoisotopic (exact) mass is 327 g/mol. The highest BCUT2D eigenvalue weighted by molar-refractivity contribution is 5.93. The molecule has 0 radical (unpaired) electrons. The molecule has 1 amide bonds. The zero-order valence-corrected chi connectivity index (χ0v) is 13.8. The first-order valence-corrected chi connectivity index (χ1v) is 7.86. The Bertz CT molecular complexity index is 710. The average Bonchev–Trinajstić information content (AvgIpc) is 2.60. The molecule has 0 saturated carbocycles. The van der Waals surface area contributed by atoms with Crippen molar-refractivity contribution < 1.29 is 19.4 Å². The van der Waals surface area contributed by atoms with Crippen molar-refractivity contribution in [3.8, 4) is 5.75 Å². The van der Waals surface area contributed by atoms with Crippen molar-refractivity contribution in [1.82, 2.24) is 0 Å². The van der Waals surface area contributed by atoms with Crippen molar-refractivity contribution in [2.75, 3.05) is 11.9 Å². The molecule has 2 rings (SSSR count). The SMILES string of the molecule is CCC(C)c1ccccc1OCC(=O)Nc1ccc(C(=O)O)cc1. The molecule has 2 aromatic carbocycles. The highest BCUT2D eigenvalue weighted by Crippen LogP contribution is 2.28. The minimum atomic E-state index is -1.00. The maximum Gasteiger partial charge on any atom is 0.335 e. The molecular formula is C19H21NO4. The molecule has 0 spiro atoms. The van der Waals surface area contributed by atoms with E-state index < -0.39 is 5.97 Å². The standard InChI is InChI=1S/C19H21NO4/c1-3-13(2)16-6-4-5-7-17(16)24-12-18(21)20-15-10-8-14(9-11-15)19(22)23/h4-11,13H,3,12H2,1-2H3,(H,20,21)(H,22,23). The number of para-hydroxylation sites is 1. The average molecular weight is 327 g/mol. The van der Waals surface area contributed by atoms with Gasteiger partial charge in [0.25, 0.3) is 5.91 Å². The Hall–Kier alpha value is -2.82. The summed E-state index contributed by atoms with van der Waals surface area (Å²) in [6, 6.07) is 13.7. The quantitative estimate of drug-likeness (QED) is 0.808. The number of benzene rings is 2. The number of anilines is 1. The molecular weight excluding hydrogens is 306 g/mol. The van der Waals surface area contributed by atoms with Gasteiger partial charge in [-0.15, -0.1) is 0 Å². The third-order valence-electron chi connectivity index (χ3n) is 3.84. The first-order chi connectivity index (χ1) is 11.5. The van der Waals surface area contributed by atoms with Crippen LogP contribution in [-0.4, -0.2) is 23.6 Å². The number of carbonyl (C=O) groups is 2. The number of hydrogen-bond acceptors (Lipinski definition) is 3. The molecule has 0 bridgehead atoms. The summed E-state index contributed by atoms with van der Waals surface area (Å²) in [5, 5.41) is 11.5. The molecule has 5 nitrogen and oxygen atoms in total. The van der Waals surface area contributed by atoms with Crippen LogP contribution in [0.5, 0.6) is 5.75 Å². The number of carbonyl (C=O) groups excluding carboxylic acids is 1. The number of carboxylic acid groups (broad SMARTS) is 1. The molecule has 126 valence electrons. The lowest BCUT2D eigenvalue weighted by molar-refractivity contribution is -0.118. The first-order valence-electron chi connectivity index (χ1n) is 7.86. The molecule has 24 heavy (non-hydrogen) atoms. The number of amides is 1. The molecule has 2 aromatic rings. The van der Waals surface area contributed by atoms with Gasteiger partial charge in [-0.3, -0.25) is 4.79 Å². The van der Waals surface area contributed by atoms with Crippen molar-refractivity contribution in [3.05, 3.63) is 59.7 Å². The molecule has 0 saturated heterocycles. The lowest BCUT2D eigenvalue weighted by atomic mass is 9.98. The third kappa shape index (κ3) is 4.59. The minimum Gasteiger partial charge on any atom is -0.483 e. The summed E-state index contributed by atoms with van der Waals surface area (Å²) in [7, 11) is 0. The van der Waals surface area contributed by atoms with E-state index in [-0.39, 0.29) is 18.1 Å². The van der Waals surface area contributed by atoms with Gasteiger partial charge in [-0.2, -0.15) is 0 Å². The van der Waals surface area contributed by atoms with Gasteiger partial charge in [0.1, 0.15) is 5.75 Å². The van der Waals surface area contributed by atoms with Crippen LogP contribution in [0.1, 0.15) is 42.1 Å². The topological polar surface area (TPSA) is 75.6 Å². The molecule has 0 aliphatic heterocycles. The Morgan fingerprint density at radius 2 is 1.79 bits per heavy atom. The Morgan fingerprint density at radius 3 is 2.42 bits per heavy atom. The van der Waals surface area contributed by atoms with E-state index in [9.17, 15) is 9.59 Å². The lowest BCUT2D eigenvalue weighted by Crippen LogP contribution is -2.20. The Balaban J connectivity index is 1.95. The van der Waals surface area contributed by atoms with Crippen molar-refractivity contribution in [3.63, 3.8) is 0 Å². The van der Waals surface area contributed by atoms with E-state index >= 15 is 0 Å². The first kappa shape index (κ1) is 17.5. The lowest BCUT2D eigenvalue weighted by Gasteiger charge is -2.15. The predicted molar refractivity (Wildman–Crippen MR) is 92.7 cm³/mol.